The van der Waals surface area contributed by atoms with E-state index in [-0.39, 0.29) is 17.3 Å². The Kier molecular flexibility index (Phi) is 4.01. The fourth-order valence-electron chi connectivity index (χ4n) is 3.08. The molecule has 1 aromatic carbocycles. The maximum atomic E-state index is 12.6. The topological polar surface area (TPSA) is 121 Å². The van der Waals surface area contributed by atoms with Crippen molar-refractivity contribution in [1.82, 2.24) is 34.7 Å². The number of anilines is 1. The van der Waals surface area contributed by atoms with Gasteiger partial charge in [0.2, 0.25) is 5.78 Å². The van der Waals surface area contributed by atoms with Gasteiger partial charge in [-0.3, -0.25) is 19.1 Å². The minimum atomic E-state index is -0.561. The number of aromatic nitrogens is 6. The van der Waals surface area contributed by atoms with Gasteiger partial charge in [-0.15, -0.1) is 5.10 Å². The summed E-state index contributed by atoms with van der Waals surface area (Å²) in [6, 6.07) is 11.4. The van der Waals surface area contributed by atoms with Crippen molar-refractivity contribution in [2.45, 2.75) is 6.42 Å². The lowest BCUT2D eigenvalue weighted by Gasteiger charge is -2.30. The summed E-state index contributed by atoms with van der Waals surface area (Å²) in [5, 5.41) is 12.6. The highest BCUT2D eigenvalue weighted by molar-refractivity contribution is 6.09. The molecule has 0 saturated carbocycles. The maximum absolute atomic E-state index is 12.6. The maximum Gasteiger partial charge on any atom is 0.279 e. The number of likely N-dealkylation sites (tertiary alicyclic amines) is 1. The minimum absolute atomic E-state index is 0.0584. The van der Waals surface area contributed by atoms with Gasteiger partial charge < -0.3 is 10.2 Å². The molecule has 10 nitrogen and oxygen atoms in total. The van der Waals surface area contributed by atoms with Gasteiger partial charge in [-0.1, -0.05) is 35.5 Å². The molecule has 2 amide bonds. The first kappa shape index (κ1) is 17.0. The van der Waals surface area contributed by atoms with Gasteiger partial charge in [-0.25, -0.2) is 4.98 Å². The van der Waals surface area contributed by atoms with Crippen LogP contribution in [0.1, 0.15) is 27.4 Å². The lowest BCUT2D eigenvalue weighted by Crippen LogP contribution is -2.42. The Bertz CT molecular complexity index is 1210. The van der Waals surface area contributed by atoms with Crippen LogP contribution in [-0.4, -0.2) is 59.6 Å². The summed E-state index contributed by atoms with van der Waals surface area (Å²) in [4.78, 5) is 35.5. The quantitative estimate of drug-likeness (QED) is 0.548. The van der Waals surface area contributed by atoms with Gasteiger partial charge in [0, 0.05) is 31.0 Å². The Labute approximate surface area is 164 Å². The van der Waals surface area contributed by atoms with Crippen LogP contribution in [0, 0.1) is 0 Å². The smallest absolute Gasteiger partial charge is 0.279 e. The normalized spacial score (nSPS) is 13.3. The van der Waals surface area contributed by atoms with E-state index in [1.54, 1.807) is 21.6 Å². The summed E-state index contributed by atoms with van der Waals surface area (Å²) < 4.78 is 1.77. The predicted molar refractivity (Wildman–Crippen MR) is 103 cm³/mol. The first-order valence-electron chi connectivity index (χ1n) is 9.12. The van der Waals surface area contributed by atoms with Gasteiger partial charge in [0.15, 0.2) is 11.4 Å². The highest BCUT2D eigenvalue weighted by atomic mass is 16.2. The number of nitrogens with one attached hydrogen (secondary N) is 2. The fraction of sp³-hybridized carbons (Fsp3) is 0.158. The van der Waals surface area contributed by atoms with Crippen LogP contribution in [0.2, 0.25) is 0 Å². The summed E-state index contributed by atoms with van der Waals surface area (Å²) >= 11 is 0. The van der Waals surface area contributed by atoms with Crippen molar-refractivity contribution < 1.29 is 9.59 Å². The van der Waals surface area contributed by atoms with Crippen molar-refractivity contribution in [2.75, 3.05) is 18.4 Å². The average Bonchev–Trinajstić information content (AvgIpc) is 3.34. The molecule has 0 spiro atoms. The zero-order valence-corrected chi connectivity index (χ0v) is 15.2. The average molecular weight is 388 g/mol. The number of H-pyrrole nitrogens is 1. The molecule has 0 radical (unpaired) electrons. The van der Waals surface area contributed by atoms with E-state index in [9.17, 15) is 9.59 Å². The highest BCUT2D eigenvalue weighted by Gasteiger charge is 2.28. The molecule has 2 N–H and O–H groups in total. The number of hydrogen-bond donors (Lipinski definition) is 2. The summed E-state index contributed by atoms with van der Waals surface area (Å²) in [6.07, 6.45) is 4.57. The van der Waals surface area contributed by atoms with Crippen molar-refractivity contribution in [3.63, 3.8) is 0 Å². The Balaban J connectivity index is 1.39. The number of hydrogen-bond acceptors (Lipinski definition) is 6. The van der Waals surface area contributed by atoms with Crippen LogP contribution < -0.4 is 5.32 Å². The van der Waals surface area contributed by atoms with Gasteiger partial charge in [0.05, 0.1) is 5.69 Å². The lowest BCUT2D eigenvalue weighted by atomic mass is 10.2. The molecule has 10 heteroatoms. The highest BCUT2D eigenvalue weighted by Crippen LogP contribution is 2.19. The summed E-state index contributed by atoms with van der Waals surface area (Å²) in [7, 11) is 0. The van der Waals surface area contributed by atoms with E-state index in [4.69, 9.17) is 0 Å². The molecule has 1 aliphatic rings. The van der Waals surface area contributed by atoms with Gasteiger partial charge in [0.25, 0.3) is 11.8 Å². The number of rotatable bonds is 4. The van der Waals surface area contributed by atoms with E-state index >= 15 is 0 Å². The third-order valence-electron chi connectivity index (χ3n) is 4.76. The standard InChI is InChI=1S/C19H16N8O2/c28-17(15-16(24-25-23-15)18(29)26-8-4-9-26)21-14-7-10-27-11-13(20-19(27)22-14)12-5-2-1-3-6-12/h1-3,5-7,10-11H,4,8-9H2,(H,23,24,25)(H,20,21,22,28). The summed E-state index contributed by atoms with van der Waals surface area (Å²) in [5.41, 5.74) is 1.77. The van der Waals surface area contributed by atoms with Crippen molar-refractivity contribution in [3.05, 3.63) is 60.2 Å². The van der Waals surface area contributed by atoms with E-state index in [0.717, 1.165) is 17.7 Å². The summed E-state index contributed by atoms with van der Waals surface area (Å²) in [6.45, 7) is 1.33. The Morgan fingerprint density at radius 3 is 2.66 bits per heavy atom. The molecule has 0 atom stereocenters. The van der Waals surface area contributed by atoms with Crippen molar-refractivity contribution >= 4 is 23.4 Å². The molecule has 4 aromatic rings. The predicted octanol–water partition coefficient (Wildman–Crippen LogP) is 1.61. The monoisotopic (exact) mass is 388 g/mol. The zero-order valence-electron chi connectivity index (χ0n) is 15.2. The van der Waals surface area contributed by atoms with Crippen LogP contribution >= 0.6 is 0 Å². The lowest BCUT2D eigenvalue weighted by molar-refractivity contribution is 0.0642. The number of benzene rings is 1. The molecular weight excluding hydrogens is 372 g/mol. The third-order valence-corrected chi connectivity index (χ3v) is 4.76. The van der Waals surface area contributed by atoms with E-state index in [1.807, 2.05) is 36.5 Å². The molecule has 5 rings (SSSR count). The van der Waals surface area contributed by atoms with E-state index in [0.29, 0.717) is 24.7 Å². The van der Waals surface area contributed by atoms with Crippen LogP contribution in [0.4, 0.5) is 5.82 Å². The molecule has 1 saturated heterocycles. The van der Waals surface area contributed by atoms with Crippen LogP contribution in [0.5, 0.6) is 0 Å². The largest absolute Gasteiger partial charge is 0.337 e. The first-order chi connectivity index (χ1) is 14.2. The Hall–Kier alpha value is -4.08. The second-order valence-corrected chi connectivity index (χ2v) is 6.65. The number of fused-ring (bicyclic) bond motifs is 1. The van der Waals surface area contributed by atoms with Gasteiger partial charge in [-0.05, 0) is 12.5 Å². The third kappa shape index (κ3) is 3.10. The second-order valence-electron chi connectivity index (χ2n) is 6.65. The van der Waals surface area contributed by atoms with Gasteiger partial charge in [-0.2, -0.15) is 4.98 Å². The van der Waals surface area contributed by atoms with Gasteiger partial charge >= 0.3 is 0 Å². The second kappa shape index (κ2) is 6.82. The molecule has 0 bridgehead atoms. The number of carbonyl (C=O) groups excluding carboxylic acids is 2. The van der Waals surface area contributed by atoms with Crippen LogP contribution in [0.25, 0.3) is 17.0 Å². The Morgan fingerprint density at radius 1 is 1.07 bits per heavy atom. The Morgan fingerprint density at radius 2 is 1.90 bits per heavy atom. The van der Waals surface area contributed by atoms with Crippen LogP contribution in [0.15, 0.2) is 48.8 Å². The minimum Gasteiger partial charge on any atom is -0.337 e. The first-order valence-corrected chi connectivity index (χ1v) is 9.12. The molecule has 0 unspecified atom stereocenters. The van der Waals surface area contributed by atoms with Gasteiger partial charge in [0.1, 0.15) is 5.82 Å². The van der Waals surface area contributed by atoms with Crippen molar-refractivity contribution in [3.8, 4) is 11.3 Å². The molecule has 3 aromatic heterocycles. The molecule has 1 fully saturated rings. The van der Waals surface area contributed by atoms with E-state index in [1.165, 1.54) is 0 Å². The number of aromatic amines is 1. The molecule has 0 aliphatic carbocycles. The molecule has 144 valence electrons. The van der Waals surface area contributed by atoms with Crippen molar-refractivity contribution in [1.29, 1.82) is 0 Å². The number of imidazole rings is 1. The number of amides is 2. The molecular formula is C19H16N8O2. The van der Waals surface area contributed by atoms with E-state index in [2.05, 4.69) is 30.7 Å². The fourth-order valence-corrected chi connectivity index (χ4v) is 3.08. The molecule has 1 aliphatic heterocycles. The summed E-state index contributed by atoms with van der Waals surface area (Å²) in [5.74, 6) is -0.0957. The number of nitrogens with zero attached hydrogens (tertiary/aromatic N) is 6. The van der Waals surface area contributed by atoms with Crippen LogP contribution in [0.3, 0.4) is 0 Å². The molecule has 29 heavy (non-hydrogen) atoms. The van der Waals surface area contributed by atoms with Crippen molar-refractivity contribution in [2.24, 2.45) is 0 Å². The van der Waals surface area contributed by atoms with E-state index < -0.39 is 5.91 Å². The zero-order chi connectivity index (χ0) is 19.8. The SMILES string of the molecule is O=C(Nc1ccn2cc(-c3ccccc3)nc2n1)c1nn[nH]c1C(=O)N1CCC1. The van der Waals surface area contributed by atoms with Crippen LogP contribution in [-0.2, 0) is 0 Å². The number of carbonyl (C=O) groups is 2. The molecule has 4 heterocycles.